The van der Waals surface area contributed by atoms with Crippen molar-refractivity contribution in [1.29, 1.82) is 0 Å². The van der Waals surface area contributed by atoms with E-state index in [0.717, 1.165) is 19.3 Å². The molecule has 1 unspecified atom stereocenters. The lowest BCUT2D eigenvalue weighted by Crippen LogP contribution is -2.38. The highest BCUT2D eigenvalue weighted by molar-refractivity contribution is 7.90. The van der Waals surface area contributed by atoms with Crippen LogP contribution in [0.1, 0.15) is 44.1 Å². The van der Waals surface area contributed by atoms with Crippen molar-refractivity contribution >= 4 is 21.8 Å². The number of amides is 1. The normalized spacial score (nSPS) is 20.4. The molecule has 1 heterocycles. The highest BCUT2D eigenvalue weighted by atomic mass is 32.2. The number of nitrogens with two attached hydrogens (primary N) is 1. The van der Waals surface area contributed by atoms with Gasteiger partial charge in [-0.1, -0.05) is 18.6 Å². The molecule has 4 N–H and O–H groups in total. The van der Waals surface area contributed by atoms with Gasteiger partial charge in [-0.05, 0) is 43.7 Å². The number of amidine groups is 1. The first kappa shape index (κ1) is 18.8. The molecule has 1 aliphatic carbocycles. The summed E-state index contributed by atoms with van der Waals surface area (Å²) < 4.78 is 26.5. The topological polar surface area (TPSA) is 114 Å². The van der Waals surface area contributed by atoms with Crippen molar-refractivity contribution in [3.63, 3.8) is 0 Å². The molecule has 1 amide bonds. The largest absolute Gasteiger partial charge is 0.355 e. The Hall–Kier alpha value is -1.93. The molecule has 7 nitrogen and oxygen atoms in total. The van der Waals surface area contributed by atoms with E-state index in [1.165, 1.54) is 12.8 Å². The monoisotopic (exact) mass is 378 g/mol. The van der Waals surface area contributed by atoms with E-state index in [2.05, 4.69) is 15.0 Å². The molecule has 0 aromatic heterocycles. The van der Waals surface area contributed by atoms with Gasteiger partial charge in [0.05, 0.1) is 4.90 Å². The van der Waals surface area contributed by atoms with Crippen LogP contribution >= 0.6 is 0 Å². The van der Waals surface area contributed by atoms with E-state index in [1.807, 2.05) is 0 Å². The lowest BCUT2D eigenvalue weighted by molar-refractivity contribution is -0.121. The van der Waals surface area contributed by atoms with E-state index in [-0.39, 0.29) is 16.8 Å². The summed E-state index contributed by atoms with van der Waals surface area (Å²) in [5.74, 6) is 1.05. The standard InChI is InChI=1S/C18H26N4O3S/c19-15(13-9-10-13)12-21-17(23)8-2-1-5-11-20-18-14-6-3-4-7-16(14)26(24,25)22-18/h3-4,6-7,13,15H,1-2,5,8-12,19H2,(H,20,22)(H,21,23). The fourth-order valence-electron chi connectivity index (χ4n) is 3.03. The summed E-state index contributed by atoms with van der Waals surface area (Å²) in [4.78, 5) is 16.4. The van der Waals surface area contributed by atoms with Crippen LogP contribution in [0.3, 0.4) is 0 Å². The predicted molar refractivity (Wildman–Crippen MR) is 100 cm³/mol. The second-order valence-corrected chi connectivity index (χ2v) is 8.60. The van der Waals surface area contributed by atoms with E-state index in [0.29, 0.717) is 36.8 Å². The van der Waals surface area contributed by atoms with E-state index < -0.39 is 10.0 Å². The molecule has 0 spiro atoms. The molecule has 0 saturated heterocycles. The van der Waals surface area contributed by atoms with Crippen molar-refractivity contribution in [3.05, 3.63) is 29.8 Å². The zero-order chi connectivity index (χ0) is 18.6. The fraction of sp³-hybridized carbons (Fsp3) is 0.556. The minimum absolute atomic E-state index is 0.0462. The molecule has 1 aliphatic heterocycles. The SMILES string of the molecule is NC(CNC(=O)CCCCCN=C1NS(=O)(=O)c2ccccc21)C1CC1. The molecule has 1 fully saturated rings. The zero-order valence-electron chi connectivity index (χ0n) is 14.8. The molecule has 1 aromatic carbocycles. The number of hydrogen-bond donors (Lipinski definition) is 3. The Morgan fingerprint density at radius 1 is 1.27 bits per heavy atom. The van der Waals surface area contributed by atoms with Gasteiger partial charge < -0.3 is 11.1 Å². The van der Waals surface area contributed by atoms with Crippen molar-refractivity contribution in [1.82, 2.24) is 10.0 Å². The molecule has 1 aromatic rings. The van der Waals surface area contributed by atoms with Crippen LogP contribution in [0.15, 0.2) is 34.2 Å². The van der Waals surface area contributed by atoms with Gasteiger partial charge in [-0.3, -0.25) is 14.5 Å². The zero-order valence-corrected chi connectivity index (χ0v) is 15.6. The van der Waals surface area contributed by atoms with Gasteiger partial charge >= 0.3 is 0 Å². The molecular formula is C18H26N4O3S. The lowest BCUT2D eigenvalue weighted by atomic mass is 10.1. The third-order valence-electron chi connectivity index (χ3n) is 4.76. The van der Waals surface area contributed by atoms with Gasteiger partial charge in [0, 0.05) is 31.1 Å². The highest BCUT2D eigenvalue weighted by Crippen LogP contribution is 2.31. The van der Waals surface area contributed by atoms with Crippen LogP contribution in [-0.2, 0) is 14.8 Å². The van der Waals surface area contributed by atoms with Gasteiger partial charge in [-0.25, -0.2) is 8.42 Å². The number of carbonyl (C=O) groups excluding carboxylic acids is 1. The van der Waals surface area contributed by atoms with Crippen LogP contribution in [0, 0.1) is 5.92 Å². The summed E-state index contributed by atoms with van der Waals surface area (Å²) in [5, 5.41) is 2.89. The average molecular weight is 378 g/mol. The number of aliphatic imine (C=N–C) groups is 1. The van der Waals surface area contributed by atoms with Crippen LogP contribution in [0.4, 0.5) is 0 Å². The third kappa shape index (κ3) is 4.82. The van der Waals surface area contributed by atoms with Gasteiger partial charge in [-0.2, -0.15) is 0 Å². The second-order valence-electron chi connectivity index (χ2n) is 6.95. The van der Waals surface area contributed by atoms with Gasteiger partial charge in [0.2, 0.25) is 5.91 Å². The minimum Gasteiger partial charge on any atom is -0.355 e. The van der Waals surface area contributed by atoms with Gasteiger partial charge in [-0.15, -0.1) is 0 Å². The molecule has 0 radical (unpaired) electrons. The molecule has 1 saturated carbocycles. The van der Waals surface area contributed by atoms with Crippen molar-refractivity contribution in [2.75, 3.05) is 13.1 Å². The maximum atomic E-state index is 12.0. The number of hydrogen-bond acceptors (Lipinski definition) is 5. The third-order valence-corrected chi connectivity index (χ3v) is 6.15. The van der Waals surface area contributed by atoms with Crippen LogP contribution in [0.5, 0.6) is 0 Å². The Balaban J connectivity index is 1.34. The fourth-order valence-corrected chi connectivity index (χ4v) is 4.28. The number of nitrogens with one attached hydrogen (secondary N) is 2. The number of sulfonamides is 1. The molecule has 2 aliphatic rings. The molecule has 3 rings (SSSR count). The number of nitrogens with zero attached hydrogens (tertiary/aromatic N) is 1. The molecule has 142 valence electrons. The molecular weight excluding hydrogens is 352 g/mol. The maximum Gasteiger partial charge on any atom is 0.263 e. The molecule has 26 heavy (non-hydrogen) atoms. The Kier molecular flexibility index (Phi) is 5.93. The average Bonchev–Trinajstić information content (AvgIpc) is 3.43. The first-order chi connectivity index (χ1) is 12.5. The quantitative estimate of drug-likeness (QED) is 0.559. The Labute approximate surface area is 154 Å². The summed E-state index contributed by atoms with van der Waals surface area (Å²) in [6.07, 6.45) is 5.32. The first-order valence-electron chi connectivity index (χ1n) is 9.16. The Morgan fingerprint density at radius 3 is 2.81 bits per heavy atom. The van der Waals surface area contributed by atoms with Crippen molar-refractivity contribution in [3.8, 4) is 0 Å². The van der Waals surface area contributed by atoms with Crippen LogP contribution in [-0.4, -0.2) is 39.3 Å². The maximum absolute atomic E-state index is 12.0. The van der Waals surface area contributed by atoms with E-state index >= 15 is 0 Å². The minimum atomic E-state index is -3.47. The summed E-state index contributed by atoms with van der Waals surface area (Å²) >= 11 is 0. The number of unbranched alkanes of at least 4 members (excludes halogenated alkanes) is 2. The molecule has 1 atom stereocenters. The Bertz CT molecular complexity index is 787. The lowest BCUT2D eigenvalue weighted by Gasteiger charge is -2.11. The summed E-state index contributed by atoms with van der Waals surface area (Å²) in [6, 6.07) is 6.91. The van der Waals surface area contributed by atoms with E-state index in [1.54, 1.807) is 24.3 Å². The number of benzene rings is 1. The van der Waals surface area contributed by atoms with Gasteiger partial charge in [0.25, 0.3) is 10.0 Å². The number of fused-ring (bicyclic) bond motifs is 1. The summed E-state index contributed by atoms with van der Waals surface area (Å²) in [7, 11) is -3.47. The van der Waals surface area contributed by atoms with Gasteiger partial charge in [0.1, 0.15) is 5.84 Å². The number of carbonyl (C=O) groups is 1. The predicted octanol–water partition coefficient (Wildman–Crippen LogP) is 1.14. The summed E-state index contributed by atoms with van der Waals surface area (Å²) in [5.41, 5.74) is 6.58. The van der Waals surface area contributed by atoms with Crippen molar-refractivity contribution in [2.45, 2.75) is 49.5 Å². The second kappa shape index (κ2) is 8.18. The highest BCUT2D eigenvalue weighted by Gasteiger charge is 2.30. The van der Waals surface area contributed by atoms with E-state index in [4.69, 9.17) is 5.73 Å². The van der Waals surface area contributed by atoms with Crippen molar-refractivity contribution < 1.29 is 13.2 Å². The molecule has 8 heteroatoms. The van der Waals surface area contributed by atoms with Crippen molar-refractivity contribution in [2.24, 2.45) is 16.6 Å². The van der Waals surface area contributed by atoms with Crippen LogP contribution < -0.4 is 15.8 Å². The van der Waals surface area contributed by atoms with Crippen LogP contribution in [0.25, 0.3) is 0 Å². The van der Waals surface area contributed by atoms with Gasteiger partial charge in [0.15, 0.2) is 0 Å². The smallest absolute Gasteiger partial charge is 0.263 e. The van der Waals surface area contributed by atoms with Crippen LogP contribution in [0.2, 0.25) is 0 Å². The first-order valence-corrected chi connectivity index (χ1v) is 10.6. The number of rotatable bonds is 9. The molecule has 0 bridgehead atoms. The summed E-state index contributed by atoms with van der Waals surface area (Å²) in [6.45, 7) is 1.09. The Morgan fingerprint density at radius 2 is 2.04 bits per heavy atom. The van der Waals surface area contributed by atoms with E-state index in [9.17, 15) is 13.2 Å².